The maximum absolute atomic E-state index is 6.99. The maximum atomic E-state index is 6.99. The van der Waals surface area contributed by atoms with Crippen molar-refractivity contribution in [3.63, 3.8) is 0 Å². The number of hydrogen-bond donors (Lipinski definition) is 0. The smallest absolute Gasteiger partial charge is 0.240 e. The zero-order chi connectivity index (χ0) is 29.5. The van der Waals surface area contributed by atoms with Gasteiger partial charge in [-0.15, -0.1) is 0 Å². The van der Waals surface area contributed by atoms with Crippen molar-refractivity contribution >= 4 is 51.3 Å². The number of rotatable bonds is 0. The minimum absolute atomic E-state index is 0.656. The van der Waals surface area contributed by atoms with E-state index in [1.807, 2.05) is 24.3 Å². The molecule has 2 heterocycles. The van der Waals surface area contributed by atoms with Crippen LogP contribution in [0.15, 0.2) is 146 Å². The van der Waals surface area contributed by atoms with E-state index in [2.05, 4.69) is 121 Å². The van der Waals surface area contributed by atoms with Gasteiger partial charge in [0.15, 0.2) is 23.0 Å². The summed E-state index contributed by atoms with van der Waals surface area (Å²) in [7, 11) is -3.61. The Kier molecular flexibility index (Phi) is 5.09. The third-order valence-corrected chi connectivity index (χ3v) is 10.6. The summed E-state index contributed by atoms with van der Waals surface area (Å²) >= 11 is 0. The van der Waals surface area contributed by atoms with Crippen LogP contribution in [0, 0.1) is 0 Å². The molecular weight excluding hydrogens is 575 g/mol. The van der Waals surface area contributed by atoms with Gasteiger partial charge in [-0.1, -0.05) is 121 Å². The van der Waals surface area contributed by atoms with E-state index in [-0.39, 0.29) is 0 Å². The Morgan fingerprint density at radius 1 is 0.267 bits per heavy atom. The molecule has 1 spiro atoms. The highest BCUT2D eigenvalue weighted by Gasteiger charge is 2.61. The van der Waals surface area contributed by atoms with E-state index in [9.17, 15) is 0 Å². The molecule has 0 fully saturated rings. The highest BCUT2D eigenvalue weighted by Crippen LogP contribution is 2.69. The first-order chi connectivity index (χ1) is 22.2. The van der Waals surface area contributed by atoms with E-state index >= 15 is 0 Å². The summed E-state index contributed by atoms with van der Waals surface area (Å²) in [5.74, 6) is 2.62. The lowest BCUT2D eigenvalue weighted by atomic mass is 9.92. The van der Waals surface area contributed by atoms with Crippen LogP contribution in [0.1, 0.15) is 0 Å². The van der Waals surface area contributed by atoms with Gasteiger partial charge in [0.05, 0.1) is 0 Å². The molecule has 212 valence electrons. The summed E-state index contributed by atoms with van der Waals surface area (Å²) in [4.78, 5) is 0. The predicted octanol–water partition coefficient (Wildman–Crippen LogP) is 11.6. The Morgan fingerprint density at radius 2 is 0.511 bits per heavy atom. The Labute approximate surface area is 259 Å². The second-order valence-electron chi connectivity index (χ2n) is 11.5. The minimum atomic E-state index is -3.61. The van der Waals surface area contributed by atoms with Crippen molar-refractivity contribution in [2.24, 2.45) is 0 Å². The molecule has 4 nitrogen and oxygen atoms in total. The first-order valence-electron chi connectivity index (χ1n) is 15.0. The Balaban J connectivity index is 1.30. The molecule has 8 aromatic carbocycles. The van der Waals surface area contributed by atoms with Crippen LogP contribution in [-0.2, 0) is 0 Å². The Morgan fingerprint density at radius 3 is 0.778 bits per heavy atom. The Bertz CT molecular complexity index is 2170. The molecule has 5 heteroatoms. The molecular formula is C40H24O4P+. The fourth-order valence-electron chi connectivity index (χ4n) is 6.94. The molecule has 0 saturated heterocycles. The van der Waals surface area contributed by atoms with Crippen molar-refractivity contribution in [2.75, 3.05) is 0 Å². The largest absolute Gasteiger partial charge is 0.766 e. The van der Waals surface area contributed by atoms with Crippen molar-refractivity contribution < 1.29 is 18.1 Å². The van der Waals surface area contributed by atoms with Crippen LogP contribution in [0.25, 0.3) is 65.3 Å². The molecule has 0 N–H and O–H groups in total. The molecule has 2 aliphatic rings. The minimum Gasteiger partial charge on any atom is -0.240 e. The van der Waals surface area contributed by atoms with Gasteiger partial charge in [-0.2, -0.15) is 0 Å². The van der Waals surface area contributed by atoms with Gasteiger partial charge in [0.25, 0.3) is 0 Å². The average Bonchev–Trinajstić information content (AvgIpc) is 3.32. The van der Waals surface area contributed by atoms with Gasteiger partial charge in [-0.05, 0) is 67.4 Å². The molecule has 0 aliphatic carbocycles. The average molecular weight is 600 g/mol. The summed E-state index contributed by atoms with van der Waals surface area (Å²) in [5, 5.41) is 8.75. The molecule has 2 aliphatic heterocycles. The highest BCUT2D eigenvalue weighted by molar-refractivity contribution is 7.58. The van der Waals surface area contributed by atoms with Gasteiger partial charge in [0.2, 0.25) is 0 Å². The van der Waals surface area contributed by atoms with E-state index < -0.39 is 8.17 Å². The molecule has 0 amide bonds. The van der Waals surface area contributed by atoms with Gasteiger partial charge in [-0.3, -0.25) is 0 Å². The zero-order valence-corrected chi connectivity index (χ0v) is 24.8. The van der Waals surface area contributed by atoms with Gasteiger partial charge in [0, 0.05) is 22.3 Å². The topological polar surface area (TPSA) is 36.9 Å². The first kappa shape index (κ1) is 24.8. The van der Waals surface area contributed by atoms with E-state index in [1.165, 1.54) is 0 Å². The van der Waals surface area contributed by atoms with Crippen molar-refractivity contribution in [2.45, 2.75) is 0 Å². The summed E-state index contributed by atoms with van der Waals surface area (Å²) in [6, 6.07) is 49.9. The van der Waals surface area contributed by atoms with Crippen molar-refractivity contribution in [1.82, 2.24) is 0 Å². The molecule has 0 saturated carbocycles. The lowest BCUT2D eigenvalue weighted by Gasteiger charge is -2.18. The van der Waals surface area contributed by atoms with Crippen molar-refractivity contribution in [3.8, 4) is 45.3 Å². The zero-order valence-electron chi connectivity index (χ0n) is 23.9. The van der Waals surface area contributed by atoms with E-state index in [1.54, 1.807) is 0 Å². The lowest BCUT2D eigenvalue weighted by Crippen LogP contribution is -2.19. The van der Waals surface area contributed by atoms with Crippen molar-refractivity contribution in [1.29, 1.82) is 0 Å². The Hall–Kier alpha value is -5.57. The standard InChI is InChI=1S/C40H24O4P/c1-5-13-29-25(9-1)17-21-33-37(29)38-30-14-6-2-10-26(30)18-22-34(38)42-45(41-33)43-35-23-19-27-11-3-7-15-31(27)39(35)40-32-16-8-4-12-28(32)20-24-36(40)44-45/h1-24H/q+1. The van der Waals surface area contributed by atoms with Gasteiger partial charge in [-0.25, -0.2) is 18.1 Å². The predicted molar refractivity (Wildman–Crippen MR) is 183 cm³/mol. The molecule has 0 unspecified atom stereocenters. The lowest BCUT2D eigenvalue weighted by molar-refractivity contribution is 0.270. The molecule has 8 aromatic rings. The summed E-state index contributed by atoms with van der Waals surface area (Å²) in [6.07, 6.45) is 0. The monoisotopic (exact) mass is 599 g/mol. The molecule has 45 heavy (non-hydrogen) atoms. The quantitative estimate of drug-likeness (QED) is 0.163. The molecule has 0 bridgehead atoms. The normalized spacial score (nSPS) is 14.2. The SMILES string of the molecule is c1ccc2c3c(ccc2c1)O[P+]1(Oc2ccc4ccccc4c2-3)Oc2ccc3ccccc3c2-c2c(ccc3ccccc23)O1. The van der Waals surface area contributed by atoms with Crippen LogP contribution in [0.2, 0.25) is 0 Å². The number of fused-ring (bicyclic) bond motifs is 14. The second kappa shape index (κ2) is 9.22. The summed E-state index contributed by atoms with van der Waals surface area (Å²) in [6.45, 7) is 0. The molecule has 0 radical (unpaired) electrons. The van der Waals surface area contributed by atoms with Gasteiger partial charge >= 0.3 is 8.17 Å². The van der Waals surface area contributed by atoms with Crippen LogP contribution in [-0.4, -0.2) is 0 Å². The summed E-state index contributed by atoms with van der Waals surface area (Å²) in [5.41, 5.74) is 3.85. The van der Waals surface area contributed by atoms with Crippen LogP contribution in [0.4, 0.5) is 0 Å². The van der Waals surface area contributed by atoms with Crippen LogP contribution in [0.3, 0.4) is 0 Å². The maximum Gasteiger partial charge on any atom is 0.766 e. The molecule has 0 atom stereocenters. The number of benzene rings is 8. The molecule has 0 aromatic heterocycles. The van der Waals surface area contributed by atoms with Crippen LogP contribution < -0.4 is 18.1 Å². The highest BCUT2D eigenvalue weighted by atomic mass is 31.2. The summed E-state index contributed by atoms with van der Waals surface area (Å²) < 4.78 is 27.9. The van der Waals surface area contributed by atoms with Crippen LogP contribution >= 0.6 is 8.17 Å². The van der Waals surface area contributed by atoms with E-state index in [0.717, 1.165) is 65.3 Å². The number of hydrogen-bond acceptors (Lipinski definition) is 4. The van der Waals surface area contributed by atoms with Gasteiger partial charge in [0.1, 0.15) is 0 Å². The van der Waals surface area contributed by atoms with Crippen molar-refractivity contribution in [3.05, 3.63) is 146 Å². The van der Waals surface area contributed by atoms with E-state index in [0.29, 0.717) is 23.0 Å². The fraction of sp³-hybridized carbons (Fsp3) is 0. The molecule has 10 rings (SSSR count). The fourth-order valence-corrected chi connectivity index (χ4v) is 8.73. The second-order valence-corrected chi connectivity index (χ2v) is 13.1. The first-order valence-corrected chi connectivity index (χ1v) is 16.5. The third-order valence-electron chi connectivity index (χ3n) is 8.90. The van der Waals surface area contributed by atoms with Crippen LogP contribution in [0.5, 0.6) is 23.0 Å². The third kappa shape index (κ3) is 3.64. The van der Waals surface area contributed by atoms with Gasteiger partial charge < -0.3 is 0 Å². The van der Waals surface area contributed by atoms with E-state index in [4.69, 9.17) is 18.1 Å².